The summed E-state index contributed by atoms with van der Waals surface area (Å²) in [7, 11) is 3.54. The number of likely N-dealkylation sites (tertiary alicyclic amines) is 1. The highest BCUT2D eigenvalue weighted by molar-refractivity contribution is 7.13. The van der Waals surface area contributed by atoms with Crippen LogP contribution in [0.5, 0.6) is 0 Å². The van der Waals surface area contributed by atoms with E-state index in [0.717, 1.165) is 36.1 Å². The molecule has 4 rings (SSSR count). The molecule has 1 aliphatic heterocycles. The van der Waals surface area contributed by atoms with Crippen LogP contribution < -0.4 is 5.32 Å². The molecule has 3 heterocycles. The van der Waals surface area contributed by atoms with Gasteiger partial charge in [-0.25, -0.2) is 4.98 Å². The maximum absolute atomic E-state index is 12.9. The van der Waals surface area contributed by atoms with Crippen molar-refractivity contribution in [1.29, 1.82) is 0 Å². The topological polar surface area (TPSA) is 78.4 Å². The summed E-state index contributed by atoms with van der Waals surface area (Å²) in [5.41, 5.74) is 2.30. The monoisotopic (exact) mass is 409 g/mol. The maximum atomic E-state index is 12.9. The Morgan fingerprint density at radius 3 is 2.90 bits per heavy atom. The van der Waals surface area contributed by atoms with Crippen molar-refractivity contribution in [3.8, 4) is 0 Å². The van der Waals surface area contributed by atoms with Crippen molar-refractivity contribution in [2.45, 2.75) is 12.3 Å². The lowest BCUT2D eigenvalue weighted by Crippen LogP contribution is -2.35. The molecular formula is C21H23N5O2S. The second kappa shape index (κ2) is 8.26. The normalized spacial score (nSPS) is 16.8. The maximum Gasteiger partial charge on any atom is 0.258 e. The minimum Gasteiger partial charge on any atom is -0.348 e. The number of carbonyl (C=O) groups is 2. The Morgan fingerprint density at radius 1 is 1.31 bits per heavy atom. The molecule has 1 unspecified atom stereocenters. The van der Waals surface area contributed by atoms with Crippen molar-refractivity contribution in [3.63, 3.8) is 0 Å². The Bertz CT molecular complexity index is 1030. The first kappa shape index (κ1) is 19.5. The molecule has 2 amide bonds. The van der Waals surface area contributed by atoms with Gasteiger partial charge in [-0.05, 0) is 25.1 Å². The first-order valence-corrected chi connectivity index (χ1v) is 10.4. The Balaban J connectivity index is 1.60. The second-order valence-electron chi connectivity index (χ2n) is 7.41. The van der Waals surface area contributed by atoms with E-state index in [4.69, 9.17) is 4.98 Å². The molecule has 1 fully saturated rings. The molecule has 3 aromatic rings. The van der Waals surface area contributed by atoms with Crippen molar-refractivity contribution >= 4 is 39.2 Å². The number of pyridine rings is 1. The third kappa shape index (κ3) is 4.28. The van der Waals surface area contributed by atoms with Crippen LogP contribution in [0.25, 0.3) is 10.9 Å². The van der Waals surface area contributed by atoms with Crippen LogP contribution in [0.1, 0.15) is 28.4 Å². The molecular weight excluding hydrogens is 386 g/mol. The van der Waals surface area contributed by atoms with Crippen LogP contribution >= 0.6 is 11.3 Å². The van der Waals surface area contributed by atoms with Crippen molar-refractivity contribution in [3.05, 3.63) is 53.2 Å². The Morgan fingerprint density at radius 2 is 2.14 bits per heavy atom. The Kier molecular flexibility index (Phi) is 5.55. The summed E-state index contributed by atoms with van der Waals surface area (Å²) in [5, 5.41) is 6.10. The number of hydrogen-bond acceptors (Lipinski definition) is 6. The number of rotatable bonds is 5. The number of hydrogen-bond donors (Lipinski definition) is 1. The average Bonchev–Trinajstić information content (AvgIpc) is 3.39. The van der Waals surface area contributed by atoms with E-state index in [2.05, 4.69) is 15.2 Å². The highest BCUT2D eigenvalue weighted by Gasteiger charge is 2.28. The zero-order valence-electron chi connectivity index (χ0n) is 16.5. The third-order valence-electron chi connectivity index (χ3n) is 5.18. The molecule has 8 heteroatoms. The molecule has 1 aliphatic rings. The van der Waals surface area contributed by atoms with Gasteiger partial charge in [0, 0.05) is 49.2 Å². The quantitative estimate of drug-likeness (QED) is 0.701. The van der Waals surface area contributed by atoms with Crippen LogP contribution in [0.4, 0.5) is 5.13 Å². The lowest BCUT2D eigenvalue weighted by Gasteiger charge is -2.18. The Labute approximate surface area is 173 Å². The number of fused-ring (bicyclic) bond motifs is 1. The highest BCUT2D eigenvalue weighted by atomic mass is 32.1. The number of nitrogens with zero attached hydrogens (tertiary/aromatic N) is 4. The standard InChI is InChI=1S/C21H23N5O2S/c1-25(2)19(27)13-26-9-7-14(12-26)18-11-16(15-5-3-4-6-17(15)23-18)20(28)24-21-22-8-10-29-21/h3-6,8,10-11,14H,7,9,12-13H2,1-2H3,(H,22,24,28). The number of anilines is 1. The van der Waals surface area contributed by atoms with Crippen LogP contribution in [0, 0.1) is 0 Å². The van der Waals surface area contributed by atoms with Gasteiger partial charge in [0.1, 0.15) is 0 Å². The van der Waals surface area contributed by atoms with Crippen molar-refractivity contribution < 1.29 is 9.59 Å². The predicted molar refractivity (Wildman–Crippen MR) is 114 cm³/mol. The molecule has 0 aliphatic carbocycles. The molecule has 1 saturated heterocycles. The van der Waals surface area contributed by atoms with Gasteiger partial charge in [-0.1, -0.05) is 18.2 Å². The third-order valence-corrected chi connectivity index (χ3v) is 5.87. The number of carbonyl (C=O) groups excluding carboxylic acids is 2. The average molecular weight is 410 g/mol. The van der Waals surface area contributed by atoms with Crippen LogP contribution in [0.2, 0.25) is 0 Å². The minimum atomic E-state index is -0.183. The first-order chi connectivity index (χ1) is 14.0. The molecule has 2 aromatic heterocycles. The summed E-state index contributed by atoms with van der Waals surface area (Å²) in [4.78, 5) is 37.7. The summed E-state index contributed by atoms with van der Waals surface area (Å²) in [6, 6.07) is 9.58. The summed E-state index contributed by atoms with van der Waals surface area (Å²) in [6.45, 7) is 2.02. The number of nitrogens with one attached hydrogen (secondary N) is 1. The van der Waals surface area contributed by atoms with E-state index in [0.29, 0.717) is 17.2 Å². The Hall–Kier alpha value is -2.84. The SMILES string of the molecule is CN(C)C(=O)CN1CCC(c2cc(C(=O)Nc3nccs3)c3ccccc3n2)C1. The van der Waals surface area contributed by atoms with Gasteiger partial charge in [0.25, 0.3) is 5.91 Å². The van der Waals surface area contributed by atoms with Gasteiger partial charge in [0.2, 0.25) is 5.91 Å². The van der Waals surface area contributed by atoms with Gasteiger partial charge in [0.15, 0.2) is 5.13 Å². The largest absolute Gasteiger partial charge is 0.348 e. The predicted octanol–water partition coefficient (Wildman–Crippen LogP) is 2.82. The number of likely N-dealkylation sites (N-methyl/N-ethyl adjacent to an activating group) is 1. The lowest BCUT2D eigenvalue weighted by molar-refractivity contribution is -0.129. The molecule has 7 nitrogen and oxygen atoms in total. The highest BCUT2D eigenvalue weighted by Crippen LogP contribution is 2.29. The molecule has 0 saturated carbocycles. The molecule has 1 atom stereocenters. The number of amides is 2. The van der Waals surface area contributed by atoms with Crippen molar-refractivity contribution in [2.24, 2.45) is 0 Å². The van der Waals surface area contributed by atoms with E-state index in [9.17, 15) is 9.59 Å². The summed E-state index contributed by atoms with van der Waals surface area (Å²) < 4.78 is 0. The van der Waals surface area contributed by atoms with E-state index in [1.54, 1.807) is 25.2 Å². The summed E-state index contributed by atoms with van der Waals surface area (Å²) in [6.07, 6.45) is 2.58. The van der Waals surface area contributed by atoms with E-state index in [-0.39, 0.29) is 17.7 Å². The fourth-order valence-corrected chi connectivity index (χ4v) is 4.12. The van der Waals surface area contributed by atoms with Gasteiger partial charge in [0.05, 0.1) is 17.6 Å². The first-order valence-electron chi connectivity index (χ1n) is 9.54. The van der Waals surface area contributed by atoms with Crippen LogP contribution in [0.3, 0.4) is 0 Å². The zero-order chi connectivity index (χ0) is 20.4. The zero-order valence-corrected chi connectivity index (χ0v) is 17.3. The van der Waals surface area contributed by atoms with Crippen LogP contribution in [0.15, 0.2) is 41.9 Å². The molecule has 0 bridgehead atoms. The van der Waals surface area contributed by atoms with Gasteiger partial charge >= 0.3 is 0 Å². The number of para-hydroxylation sites is 1. The van der Waals surface area contributed by atoms with E-state index in [1.807, 2.05) is 35.7 Å². The second-order valence-corrected chi connectivity index (χ2v) is 8.31. The number of benzene rings is 1. The molecule has 150 valence electrons. The lowest BCUT2D eigenvalue weighted by atomic mass is 9.99. The number of aromatic nitrogens is 2. The van der Waals surface area contributed by atoms with E-state index >= 15 is 0 Å². The molecule has 1 aromatic carbocycles. The fourth-order valence-electron chi connectivity index (χ4n) is 3.59. The van der Waals surface area contributed by atoms with Gasteiger partial charge in [-0.3, -0.25) is 24.8 Å². The molecule has 29 heavy (non-hydrogen) atoms. The van der Waals surface area contributed by atoms with Gasteiger partial charge in [-0.2, -0.15) is 0 Å². The fraction of sp³-hybridized carbons (Fsp3) is 0.333. The smallest absolute Gasteiger partial charge is 0.258 e. The van der Waals surface area contributed by atoms with Crippen LogP contribution in [-0.4, -0.2) is 65.3 Å². The minimum absolute atomic E-state index is 0.0978. The van der Waals surface area contributed by atoms with Crippen LogP contribution in [-0.2, 0) is 4.79 Å². The van der Waals surface area contributed by atoms with Gasteiger partial charge < -0.3 is 4.90 Å². The van der Waals surface area contributed by atoms with Crippen molar-refractivity contribution in [2.75, 3.05) is 39.0 Å². The number of thiazole rings is 1. The summed E-state index contributed by atoms with van der Waals surface area (Å²) in [5.74, 6) is 0.110. The van der Waals surface area contributed by atoms with Crippen molar-refractivity contribution in [1.82, 2.24) is 19.8 Å². The van der Waals surface area contributed by atoms with Gasteiger partial charge in [-0.15, -0.1) is 11.3 Å². The van der Waals surface area contributed by atoms with E-state index < -0.39 is 0 Å². The summed E-state index contributed by atoms with van der Waals surface area (Å²) >= 11 is 1.39. The van der Waals surface area contributed by atoms with E-state index in [1.165, 1.54) is 11.3 Å². The molecule has 1 N–H and O–H groups in total. The molecule has 0 spiro atoms. The molecule has 0 radical (unpaired) electrons.